The van der Waals surface area contributed by atoms with Crippen LogP contribution in [0.4, 0.5) is 5.82 Å². The van der Waals surface area contributed by atoms with Gasteiger partial charge < -0.3 is 10.2 Å². The number of hydrogen-bond acceptors (Lipinski definition) is 6. The molecule has 7 heteroatoms. The van der Waals surface area contributed by atoms with E-state index in [1.165, 1.54) is 0 Å². The molecule has 2 rings (SSSR count). The molecule has 2 heterocycles. The number of nitrogens with one attached hydrogen (secondary N) is 1. The largest absolute Gasteiger partial charge is 0.372 e. The van der Waals surface area contributed by atoms with E-state index in [-0.39, 0.29) is 5.91 Å². The summed E-state index contributed by atoms with van der Waals surface area (Å²) in [5, 5.41) is 6.13. The summed E-state index contributed by atoms with van der Waals surface area (Å²) in [6, 6.07) is 2.01. The summed E-state index contributed by atoms with van der Waals surface area (Å²) < 4.78 is 0. The number of likely N-dealkylation sites (N-methyl/N-ethyl adjacent to an activating group) is 2. The van der Waals surface area contributed by atoms with E-state index in [1.807, 2.05) is 30.4 Å². The van der Waals surface area contributed by atoms with Gasteiger partial charge in [0.05, 0.1) is 18.5 Å². The first-order chi connectivity index (χ1) is 9.51. The van der Waals surface area contributed by atoms with Gasteiger partial charge >= 0.3 is 0 Å². The zero-order valence-corrected chi connectivity index (χ0v) is 13.0. The minimum Gasteiger partial charge on any atom is -0.372 e. The van der Waals surface area contributed by atoms with Gasteiger partial charge in [-0.3, -0.25) is 9.69 Å². The second-order valence-electron chi connectivity index (χ2n) is 4.84. The monoisotopic (exact) mass is 293 g/mol. The van der Waals surface area contributed by atoms with E-state index in [2.05, 4.69) is 15.3 Å². The van der Waals surface area contributed by atoms with Crippen molar-refractivity contribution in [2.45, 2.75) is 6.54 Å². The number of aromatic nitrogens is 2. The molecule has 0 aliphatic rings. The Morgan fingerprint density at radius 2 is 2.10 bits per heavy atom. The maximum atomic E-state index is 11.7. The molecule has 0 bridgehead atoms. The lowest BCUT2D eigenvalue weighted by Crippen LogP contribution is -2.34. The molecule has 6 nitrogen and oxygen atoms in total. The van der Waals surface area contributed by atoms with Gasteiger partial charge in [0.25, 0.3) is 0 Å². The first-order valence-corrected chi connectivity index (χ1v) is 7.19. The van der Waals surface area contributed by atoms with Crippen molar-refractivity contribution >= 4 is 33.3 Å². The molecule has 0 aliphatic carbocycles. The number of hydrogen-bond donors (Lipinski definition) is 1. The molecule has 0 saturated carbocycles. The highest BCUT2D eigenvalue weighted by Crippen LogP contribution is 2.24. The SMILES string of the molecule is CNc1nc(CN(C)CC(=O)N(C)C)nc2sccc12. The van der Waals surface area contributed by atoms with E-state index in [0.29, 0.717) is 13.1 Å². The van der Waals surface area contributed by atoms with Crippen molar-refractivity contribution in [3.63, 3.8) is 0 Å². The molecule has 0 fully saturated rings. The summed E-state index contributed by atoms with van der Waals surface area (Å²) in [7, 11) is 7.25. The molecule has 0 aromatic carbocycles. The molecule has 2 aromatic rings. The van der Waals surface area contributed by atoms with Gasteiger partial charge in [-0.1, -0.05) is 0 Å². The first-order valence-electron chi connectivity index (χ1n) is 6.32. The van der Waals surface area contributed by atoms with Crippen LogP contribution in [0.3, 0.4) is 0 Å². The van der Waals surface area contributed by atoms with Crippen molar-refractivity contribution in [2.24, 2.45) is 0 Å². The van der Waals surface area contributed by atoms with E-state index in [9.17, 15) is 4.79 Å². The number of nitrogens with zero attached hydrogens (tertiary/aromatic N) is 4. The van der Waals surface area contributed by atoms with Crippen LogP contribution < -0.4 is 5.32 Å². The van der Waals surface area contributed by atoms with Crippen LogP contribution in [0.25, 0.3) is 10.2 Å². The maximum absolute atomic E-state index is 11.7. The van der Waals surface area contributed by atoms with Crippen molar-refractivity contribution in [3.05, 3.63) is 17.3 Å². The number of amides is 1. The van der Waals surface area contributed by atoms with Crippen molar-refractivity contribution in [1.29, 1.82) is 0 Å². The van der Waals surface area contributed by atoms with Crippen LogP contribution in [0, 0.1) is 0 Å². The maximum Gasteiger partial charge on any atom is 0.236 e. The summed E-state index contributed by atoms with van der Waals surface area (Å²) in [6.45, 7) is 0.899. The number of carbonyl (C=O) groups is 1. The number of fused-ring (bicyclic) bond motifs is 1. The molecule has 1 N–H and O–H groups in total. The van der Waals surface area contributed by atoms with Gasteiger partial charge in [-0.15, -0.1) is 11.3 Å². The van der Waals surface area contributed by atoms with Gasteiger partial charge in [0.1, 0.15) is 16.5 Å². The van der Waals surface area contributed by atoms with Crippen LogP contribution in [0.1, 0.15) is 5.82 Å². The van der Waals surface area contributed by atoms with Crippen LogP contribution in [0.15, 0.2) is 11.4 Å². The lowest BCUT2D eigenvalue weighted by molar-refractivity contribution is -0.129. The number of thiophene rings is 1. The van der Waals surface area contributed by atoms with Crippen LogP contribution in [-0.4, -0.2) is 60.4 Å². The predicted octanol–water partition coefficient (Wildman–Crippen LogP) is 1.25. The summed E-state index contributed by atoms with van der Waals surface area (Å²) in [6.07, 6.45) is 0. The highest BCUT2D eigenvalue weighted by atomic mass is 32.1. The van der Waals surface area contributed by atoms with Crippen molar-refractivity contribution < 1.29 is 4.79 Å². The Morgan fingerprint density at radius 1 is 1.35 bits per heavy atom. The molecular weight excluding hydrogens is 274 g/mol. The fourth-order valence-electron chi connectivity index (χ4n) is 1.83. The fourth-order valence-corrected chi connectivity index (χ4v) is 2.61. The Bertz CT molecular complexity index is 610. The second-order valence-corrected chi connectivity index (χ2v) is 5.73. The Morgan fingerprint density at radius 3 is 2.75 bits per heavy atom. The first kappa shape index (κ1) is 14.7. The highest BCUT2D eigenvalue weighted by Gasteiger charge is 2.12. The van der Waals surface area contributed by atoms with E-state index in [0.717, 1.165) is 21.9 Å². The second kappa shape index (κ2) is 6.15. The molecule has 0 aliphatic heterocycles. The standard InChI is InChI=1S/C13H19N5OS/c1-14-12-9-5-6-20-13(9)16-10(15-12)7-18(4)8-11(19)17(2)3/h5-6H,7-8H2,1-4H3,(H,14,15,16). The third-order valence-corrected chi connectivity index (χ3v) is 3.73. The molecule has 0 atom stereocenters. The summed E-state index contributed by atoms with van der Waals surface area (Å²) in [5.74, 6) is 1.62. The van der Waals surface area contributed by atoms with Crippen LogP contribution in [0.5, 0.6) is 0 Å². The van der Waals surface area contributed by atoms with Crippen molar-refractivity contribution in [2.75, 3.05) is 40.1 Å². The average Bonchev–Trinajstić information content (AvgIpc) is 2.85. The molecule has 0 radical (unpaired) electrons. The van der Waals surface area contributed by atoms with E-state index < -0.39 is 0 Å². The number of carbonyl (C=O) groups excluding carboxylic acids is 1. The molecule has 1 amide bonds. The van der Waals surface area contributed by atoms with Gasteiger partial charge in [0.15, 0.2) is 0 Å². The zero-order valence-electron chi connectivity index (χ0n) is 12.2. The summed E-state index contributed by atoms with van der Waals surface area (Å²) in [4.78, 5) is 25.2. The minimum absolute atomic E-state index is 0.0681. The minimum atomic E-state index is 0.0681. The zero-order chi connectivity index (χ0) is 14.7. The molecule has 20 heavy (non-hydrogen) atoms. The topological polar surface area (TPSA) is 61.4 Å². The lowest BCUT2D eigenvalue weighted by Gasteiger charge is -2.18. The van der Waals surface area contributed by atoms with Gasteiger partial charge in [-0.2, -0.15) is 0 Å². The van der Waals surface area contributed by atoms with Crippen LogP contribution >= 0.6 is 11.3 Å². The summed E-state index contributed by atoms with van der Waals surface area (Å²) in [5.41, 5.74) is 0. The lowest BCUT2D eigenvalue weighted by atomic mass is 10.3. The number of anilines is 1. The molecule has 2 aromatic heterocycles. The Labute approximate surface area is 122 Å². The molecular formula is C13H19N5OS. The Kier molecular flexibility index (Phi) is 4.51. The third-order valence-electron chi connectivity index (χ3n) is 2.92. The quantitative estimate of drug-likeness (QED) is 0.899. The Hall–Kier alpha value is -1.73. The van der Waals surface area contributed by atoms with Crippen molar-refractivity contribution in [1.82, 2.24) is 19.8 Å². The fraction of sp³-hybridized carbons (Fsp3) is 0.462. The summed E-state index contributed by atoms with van der Waals surface area (Å²) >= 11 is 1.59. The van der Waals surface area contributed by atoms with Crippen LogP contribution in [-0.2, 0) is 11.3 Å². The highest BCUT2D eigenvalue weighted by molar-refractivity contribution is 7.16. The smallest absolute Gasteiger partial charge is 0.236 e. The van der Waals surface area contributed by atoms with E-state index in [1.54, 1.807) is 30.3 Å². The third kappa shape index (κ3) is 3.23. The average molecular weight is 293 g/mol. The van der Waals surface area contributed by atoms with Gasteiger partial charge in [0.2, 0.25) is 5.91 Å². The molecule has 0 spiro atoms. The molecule has 108 valence electrons. The van der Waals surface area contributed by atoms with Crippen molar-refractivity contribution in [3.8, 4) is 0 Å². The predicted molar refractivity (Wildman–Crippen MR) is 82.0 cm³/mol. The number of rotatable bonds is 5. The molecule has 0 saturated heterocycles. The van der Waals surface area contributed by atoms with E-state index >= 15 is 0 Å². The van der Waals surface area contributed by atoms with Gasteiger partial charge in [-0.05, 0) is 18.5 Å². The van der Waals surface area contributed by atoms with E-state index in [4.69, 9.17) is 0 Å². The van der Waals surface area contributed by atoms with Gasteiger partial charge in [0, 0.05) is 21.1 Å². The normalized spacial score (nSPS) is 11.1. The Balaban J connectivity index is 2.15. The molecule has 0 unspecified atom stereocenters. The van der Waals surface area contributed by atoms with Gasteiger partial charge in [-0.25, -0.2) is 9.97 Å². The van der Waals surface area contributed by atoms with Crippen LogP contribution in [0.2, 0.25) is 0 Å².